The van der Waals surface area contributed by atoms with E-state index in [9.17, 15) is 4.79 Å². The van der Waals surface area contributed by atoms with E-state index in [1.807, 2.05) is 24.3 Å². The molecule has 0 saturated heterocycles. The summed E-state index contributed by atoms with van der Waals surface area (Å²) in [4.78, 5) is 12.1. The maximum absolute atomic E-state index is 12.1. The van der Waals surface area contributed by atoms with Crippen LogP contribution in [0.2, 0.25) is 10.0 Å². The third-order valence-electron chi connectivity index (χ3n) is 2.95. The Kier molecular flexibility index (Phi) is 5.07. The number of nitrogens with one attached hydrogen (secondary N) is 1. The van der Waals surface area contributed by atoms with Gasteiger partial charge in [-0.15, -0.1) is 0 Å². The zero-order valence-corrected chi connectivity index (χ0v) is 12.6. The average Bonchev–Trinajstić information content (AvgIpc) is 2.50. The molecule has 2 aromatic carbocycles. The number of carbonyl (C=O) groups is 1. The number of carbonyl (C=O) groups excluding carboxylic acids is 1. The lowest BCUT2D eigenvalue weighted by Gasteiger charge is -2.08. The van der Waals surface area contributed by atoms with E-state index in [0.29, 0.717) is 12.1 Å². The predicted octanol–water partition coefficient (Wildman–Crippen LogP) is 3.00. The molecule has 2 aromatic rings. The first-order chi connectivity index (χ1) is 10.0. The number of nitrogen functional groups attached to an aromatic ring is 1. The summed E-state index contributed by atoms with van der Waals surface area (Å²) in [6, 6.07) is 10.3. The Hall–Kier alpha value is -1.75. The Balaban J connectivity index is 2.08. The lowest BCUT2D eigenvalue weighted by atomic mass is 10.1. The van der Waals surface area contributed by atoms with Crippen molar-refractivity contribution in [2.45, 2.75) is 13.2 Å². The molecule has 4 nitrogen and oxygen atoms in total. The number of rotatable bonds is 4. The zero-order valence-electron chi connectivity index (χ0n) is 11.1. The summed E-state index contributed by atoms with van der Waals surface area (Å²) in [6.45, 7) is 0.304. The van der Waals surface area contributed by atoms with Crippen LogP contribution >= 0.6 is 23.2 Å². The van der Waals surface area contributed by atoms with Crippen LogP contribution in [0.3, 0.4) is 0 Å². The Labute approximate surface area is 132 Å². The topological polar surface area (TPSA) is 75.4 Å². The van der Waals surface area contributed by atoms with Gasteiger partial charge in [-0.3, -0.25) is 4.79 Å². The van der Waals surface area contributed by atoms with Crippen LogP contribution in [0.15, 0.2) is 36.4 Å². The summed E-state index contributed by atoms with van der Waals surface area (Å²) in [5.41, 5.74) is 7.97. The highest BCUT2D eigenvalue weighted by Crippen LogP contribution is 2.29. The smallest absolute Gasteiger partial charge is 0.251 e. The third kappa shape index (κ3) is 3.88. The van der Waals surface area contributed by atoms with Gasteiger partial charge in [-0.2, -0.15) is 0 Å². The van der Waals surface area contributed by atoms with Crippen molar-refractivity contribution < 1.29 is 9.90 Å². The molecule has 0 aromatic heterocycles. The molecular formula is C15H14Cl2N2O2. The first kappa shape index (κ1) is 15.6. The van der Waals surface area contributed by atoms with E-state index in [1.165, 1.54) is 12.1 Å². The summed E-state index contributed by atoms with van der Waals surface area (Å²) >= 11 is 11.7. The minimum absolute atomic E-state index is 0.0366. The fourth-order valence-electron chi connectivity index (χ4n) is 1.86. The van der Waals surface area contributed by atoms with E-state index in [2.05, 4.69) is 5.32 Å². The van der Waals surface area contributed by atoms with Crippen molar-refractivity contribution in [1.29, 1.82) is 0 Å². The van der Waals surface area contributed by atoms with Gasteiger partial charge >= 0.3 is 0 Å². The number of benzene rings is 2. The molecule has 0 bridgehead atoms. The largest absolute Gasteiger partial charge is 0.397 e. The second-order valence-corrected chi connectivity index (χ2v) is 5.31. The van der Waals surface area contributed by atoms with E-state index in [4.69, 9.17) is 34.0 Å². The Morgan fingerprint density at radius 1 is 1.19 bits per heavy atom. The minimum Gasteiger partial charge on any atom is -0.397 e. The molecule has 0 aliphatic rings. The summed E-state index contributed by atoms with van der Waals surface area (Å²) in [5, 5.41) is 12.3. The SMILES string of the molecule is Nc1cc(C(=O)NCc2cccc(CO)c2)cc(Cl)c1Cl. The van der Waals surface area contributed by atoms with Crippen molar-refractivity contribution in [1.82, 2.24) is 5.32 Å². The lowest BCUT2D eigenvalue weighted by molar-refractivity contribution is 0.0951. The van der Waals surface area contributed by atoms with Crippen molar-refractivity contribution in [2.75, 3.05) is 5.73 Å². The number of aliphatic hydroxyl groups excluding tert-OH is 1. The van der Waals surface area contributed by atoms with Crippen molar-refractivity contribution >= 4 is 34.8 Å². The van der Waals surface area contributed by atoms with Crippen LogP contribution in [0.25, 0.3) is 0 Å². The monoisotopic (exact) mass is 324 g/mol. The van der Waals surface area contributed by atoms with Crippen molar-refractivity contribution in [3.05, 3.63) is 63.1 Å². The summed E-state index contributed by atoms with van der Waals surface area (Å²) in [7, 11) is 0. The minimum atomic E-state index is -0.297. The maximum atomic E-state index is 12.1. The van der Waals surface area contributed by atoms with Crippen LogP contribution in [0, 0.1) is 0 Å². The number of halogens is 2. The van der Waals surface area contributed by atoms with E-state index in [0.717, 1.165) is 11.1 Å². The Morgan fingerprint density at radius 3 is 2.57 bits per heavy atom. The second kappa shape index (κ2) is 6.80. The molecule has 0 spiro atoms. The van der Waals surface area contributed by atoms with E-state index >= 15 is 0 Å². The number of hydrogen-bond donors (Lipinski definition) is 3. The molecule has 1 amide bonds. The van der Waals surface area contributed by atoms with Gasteiger partial charge in [0.2, 0.25) is 0 Å². The Bertz CT molecular complexity index is 651. The van der Waals surface area contributed by atoms with Gasteiger partial charge in [-0.05, 0) is 23.3 Å². The van der Waals surface area contributed by atoms with Gasteiger partial charge in [0.25, 0.3) is 5.91 Å². The molecular weight excluding hydrogens is 311 g/mol. The molecule has 0 radical (unpaired) electrons. The molecule has 0 unspecified atom stereocenters. The zero-order chi connectivity index (χ0) is 15.4. The standard InChI is InChI=1S/C15H14Cl2N2O2/c16-12-5-11(6-13(18)14(12)17)15(21)19-7-9-2-1-3-10(4-9)8-20/h1-6,20H,7-8,18H2,(H,19,21). The molecule has 4 N–H and O–H groups in total. The van der Waals surface area contributed by atoms with Gasteiger partial charge in [0.05, 0.1) is 22.3 Å². The van der Waals surface area contributed by atoms with Gasteiger partial charge in [0.15, 0.2) is 0 Å². The summed E-state index contributed by atoms with van der Waals surface area (Å²) in [5.74, 6) is -0.297. The van der Waals surface area contributed by atoms with Crippen molar-refractivity contribution in [3.63, 3.8) is 0 Å². The van der Waals surface area contributed by atoms with Crippen LogP contribution in [0.4, 0.5) is 5.69 Å². The van der Waals surface area contributed by atoms with Gasteiger partial charge < -0.3 is 16.2 Å². The molecule has 21 heavy (non-hydrogen) atoms. The lowest BCUT2D eigenvalue weighted by Crippen LogP contribution is -2.23. The fourth-order valence-corrected chi connectivity index (χ4v) is 2.20. The van der Waals surface area contributed by atoms with Gasteiger partial charge in [0, 0.05) is 12.1 Å². The Morgan fingerprint density at radius 2 is 1.90 bits per heavy atom. The molecule has 2 rings (SSSR count). The summed E-state index contributed by atoms with van der Waals surface area (Å²) in [6.07, 6.45) is 0. The highest BCUT2D eigenvalue weighted by Gasteiger charge is 2.11. The van der Waals surface area contributed by atoms with E-state index < -0.39 is 0 Å². The second-order valence-electron chi connectivity index (χ2n) is 4.52. The number of nitrogens with two attached hydrogens (primary N) is 1. The highest BCUT2D eigenvalue weighted by molar-refractivity contribution is 6.43. The van der Waals surface area contributed by atoms with E-state index in [1.54, 1.807) is 0 Å². The molecule has 0 aliphatic heterocycles. The molecule has 0 atom stereocenters. The summed E-state index contributed by atoms with van der Waals surface area (Å²) < 4.78 is 0. The van der Waals surface area contributed by atoms with Crippen LogP contribution in [-0.4, -0.2) is 11.0 Å². The number of aliphatic hydroxyl groups is 1. The first-order valence-corrected chi connectivity index (χ1v) is 6.98. The number of amides is 1. The molecule has 0 saturated carbocycles. The normalized spacial score (nSPS) is 10.4. The predicted molar refractivity (Wildman–Crippen MR) is 84.4 cm³/mol. The molecule has 0 heterocycles. The third-order valence-corrected chi connectivity index (χ3v) is 3.76. The average molecular weight is 325 g/mol. The van der Waals surface area contributed by atoms with Crippen molar-refractivity contribution in [3.8, 4) is 0 Å². The fraction of sp³-hybridized carbons (Fsp3) is 0.133. The van der Waals surface area contributed by atoms with Crippen LogP contribution < -0.4 is 11.1 Å². The van der Waals surface area contributed by atoms with Crippen LogP contribution in [0.5, 0.6) is 0 Å². The number of anilines is 1. The quantitative estimate of drug-likeness (QED) is 0.757. The maximum Gasteiger partial charge on any atom is 0.251 e. The van der Waals surface area contributed by atoms with Gasteiger partial charge in [-0.25, -0.2) is 0 Å². The number of hydrogen-bond acceptors (Lipinski definition) is 3. The van der Waals surface area contributed by atoms with Gasteiger partial charge in [-0.1, -0.05) is 47.5 Å². The van der Waals surface area contributed by atoms with Crippen LogP contribution in [-0.2, 0) is 13.2 Å². The van der Waals surface area contributed by atoms with Crippen molar-refractivity contribution in [2.24, 2.45) is 0 Å². The molecule has 0 aliphatic carbocycles. The molecule has 110 valence electrons. The first-order valence-electron chi connectivity index (χ1n) is 6.22. The van der Waals surface area contributed by atoms with Gasteiger partial charge in [0.1, 0.15) is 0 Å². The van der Waals surface area contributed by atoms with E-state index in [-0.39, 0.29) is 28.2 Å². The highest BCUT2D eigenvalue weighted by atomic mass is 35.5. The molecule has 6 heteroatoms. The van der Waals surface area contributed by atoms with Crippen LogP contribution in [0.1, 0.15) is 21.5 Å². The molecule has 0 fully saturated rings.